The zero-order chi connectivity index (χ0) is 9.90. The molecule has 1 aliphatic rings. The van der Waals surface area contributed by atoms with Crippen molar-refractivity contribution in [3.05, 3.63) is 0 Å². The highest BCUT2D eigenvalue weighted by Gasteiger charge is 2.34. The first-order chi connectivity index (χ1) is 6.00. The summed E-state index contributed by atoms with van der Waals surface area (Å²) in [4.78, 5) is 11.1. The van der Waals surface area contributed by atoms with Gasteiger partial charge in [-0.3, -0.25) is 0 Å². The fraction of sp³-hybridized carbons (Fsp3) is 0.857. The lowest BCUT2D eigenvalue weighted by Gasteiger charge is -2.24. The number of hydrogen-bond acceptors (Lipinski definition) is 3. The third kappa shape index (κ3) is 3.90. The van der Waals surface area contributed by atoms with Crippen LogP contribution in [0.15, 0.2) is 0 Å². The maximum Gasteiger partial charge on any atom is 0.358 e. The Morgan fingerprint density at radius 1 is 1.46 bits per heavy atom. The highest BCUT2D eigenvalue weighted by atomic mass is 35.6. The van der Waals surface area contributed by atoms with Crippen LogP contribution in [-0.4, -0.2) is 29.0 Å². The van der Waals surface area contributed by atoms with Crippen LogP contribution in [0.1, 0.15) is 12.8 Å². The standard InChI is InChI=1S/C7H10Cl3NO2/c8-7(9,10)6(12)13-5-2-1-3-11-4-5/h5,11H,1-4H2/t5-/m0/s1. The Morgan fingerprint density at radius 3 is 2.62 bits per heavy atom. The molecule has 0 spiro atoms. The molecule has 0 bridgehead atoms. The summed E-state index contributed by atoms with van der Waals surface area (Å²) in [5.74, 6) is -0.800. The second kappa shape index (κ2) is 4.69. The molecule has 0 amide bonds. The summed E-state index contributed by atoms with van der Waals surface area (Å²) in [6.07, 6.45) is 1.62. The Bertz CT molecular complexity index is 187. The molecular weight excluding hydrogens is 236 g/mol. The minimum atomic E-state index is -1.96. The van der Waals surface area contributed by atoms with Crippen LogP contribution < -0.4 is 5.32 Å². The number of carbonyl (C=O) groups excluding carboxylic acids is 1. The topological polar surface area (TPSA) is 38.3 Å². The minimum Gasteiger partial charge on any atom is -0.458 e. The van der Waals surface area contributed by atoms with E-state index in [1.165, 1.54) is 0 Å². The van der Waals surface area contributed by atoms with E-state index >= 15 is 0 Å². The van der Waals surface area contributed by atoms with Crippen LogP contribution in [0.2, 0.25) is 0 Å². The lowest BCUT2D eigenvalue weighted by Crippen LogP contribution is -2.39. The number of ether oxygens (including phenoxy) is 1. The fourth-order valence-corrected chi connectivity index (χ4v) is 1.27. The van der Waals surface area contributed by atoms with Gasteiger partial charge in [0.1, 0.15) is 6.10 Å². The van der Waals surface area contributed by atoms with Gasteiger partial charge in [-0.25, -0.2) is 4.79 Å². The summed E-state index contributed by atoms with van der Waals surface area (Å²) in [5.41, 5.74) is 0. The number of hydrogen-bond donors (Lipinski definition) is 1. The summed E-state index contributed by atoms with van der Waals surface area (Å²) in [5, 5.41) is 3.09. The van der Waals surface area contributed by atoms with E-state index in [0.29, 0.717) is 6.54 Å². The van der Waals surface area contributed by atoms with Crippen molar-refractivity contribution >= 4 is 40.8 Å². The van der Waals surface area contributed by atoms with E-state index in [-0.39, 0.29) is 6.10 Å². The SMILES string of the molecule is O=C(O[C@H]1CCCNC1)C(Cl)(Cl)Cl. The molecule has 1 fully saturated rings. The lowest BCUT2D eigenvalue weighted by atomic mass is 10.1. The second-order valence-corrected chi connectivity index (χ2v) is 5.15. The molecule has 1 aliphatic heterocycles. The van der Waals surface area contributed by atoms with Gasteiger partial charge in [0.2, 0.25) is 0 Å². The Kier molecular flexibility index (Phi) is 4.10. The number of piperidine rings is 1. The van der Waals surface area contributed by atoms with E-state index in [2.05, 4.69) is 5.32 Å². The smallest absolute Gasteiger partial charge is 0.358 e. The van der Waals surface area contributed by atoms with E-state index in [1.54, 1.807) is 0 Å². The monoisotopic (exact) mass is 245 g/mol. The van der Waals surface area contributed by atoms with Crippen LogP contribution in [0.25, 0.3) is 0 Å². The first-order valence-electron chi connectivity index (χ1n) is 3.98. The number of carbonyl (C=O) groups is 1. The number of rotatable bonds is 1. The third-order valence-electron chi connectivity index (χ3n) is 1.76. The average Bonchev–Trinajstić information content (AvgIpc) is 2.04. The number of nitrogens with one attached hydrogen (secondary N) is 1. The summed E-state index contributed by atoms with van der Waals surface area (Å²) in [6, 6.07) is 0. The Morgan fingerprint density at radius 2 is 2.15 bits per heavy atom. The third-order valence-corrected chi connectivity index (χ3v) is 2.22. The first-order valence-corrected chi connectivity index (χ1v) is 5.12. The van der Waals surface area contributed by atoms with Crippen molar-refractivity contribution < 1.29 is 9.53 Å². The molecule has 0 radical (unpaired) electrons. The Hall–Kier alpha value is 0.300. The summed E-state index contributed by atoms with van der Waals surface area (Å²) in [6.45, 7) is 1.58. The van der Waals surface area contributed by atoms with E-state index < -0.39 is 9.76 Å². The van der Waals surface area contributed by atoms with Gasteiger partial charge in [0.15, 0.2) is 0 Å². The van der Waals surface area contributed by atoms with Crippen LogP contribution in [0.4, 0.5) is 0 Å². The Labute approximate surface area is 91.7 Å². The molecule has 1 atom stereocenters. The van der Waals surface area contributed by atoms with Gasteiger partial charge >= 0.3 is 5.97 Å². The highest BCUT2D eigenvalue weighted by molar-refractivity contribution is 6.75. The van der Waals surface area contributed by atoms with Gasteiger partial charge in [0, 0.05) is 6.54 Å². The molecule has 1 N–H and O–H groups in total. The van der Waals surface area contributed by atoms with Crippen molar-refractivity contribution in [3.63, 3.8) is 0 Å². The lowest BCUT2D eigenvalue weighted by molar-refractivity contribution is -0.148. The minimum absolute atomic E-state index is 0.170. The van der Waals surface area contributed by atoms with Crippen LogP contribution >= 0.6 is 34.8 Å². The molecule has 1 rings (SSSR count). The first kappa shape index (κ1) is 11.4. The molecule has 3 nitrogen and oxygen atoms in total. The maximum absolute atomic E-state index is 11.1. The fourth-order valence-electron chi connectivity index (χ4n) is 1.14. The van der Waals surface area contributed by atoms with Crippen molar-refractivity contribution in [1.82, 2.24) is 5.32 Å². The zero-order valence-electron chi connectivity index (χ0n) is 6.86. The second-order valence-electron chi connectivity index (χ2n) is 2.87. The predicted octanol–water partition coefficient (Wildman–Crippen LogP) is 1.65. The van der Waals surface area contributed by atoms with Crippen molar-refractivity contribution in [3.8, 4) is 0 Å². The van der Waals surface area contributed by atoms with Crippen molar-refractivity contribution in [2.45, 2.75) is 22.7 Å². The van der Waals surface area contributed by atoms with Crippen molar-refractivity contribution in [2.24, 2.45) is 0 Å². The van der Waals surface area contributed by atoms with Gasteiger partial charge in [0.25, 0.3) is 3.79 Å². The quantitative estimate of drug-likeness (QED) is 0.565. The van der Waals surface area contributed by atoms with Gasteiger partial charge in [-0.05, 0) is 19.4 Å². The molecule has 0 aromatic carbocycles. The van der Waals surface area contributed by atoms with Crippen molar-refractivity contribution in [2.75, 3.05) is 13.1 Å². The van der Waals surface area contributed by atoms with Crippen LogP contribution in [-0.2, 0) is 9.53 Å². The predicted molar refractivity (Wildman–Crippen MR) is 52.3 cm³/mol. The van der Waals surface area contributed by atoms with E-state index in [4.69, 9.17) is 39.5 Å². The molecular formula is C7H10Cl3NO2. The van der Waals surface area contributed by atoms with Crippen LogP contribution in [0, 0.1) is 0 Å². The number of esters is 1. The van der Waals surface area contributed by atoms with Crippen LogP contribution in [0.5, 0.6) is 0 Å². The van der Waals surface area contributed by atoms with E-state index in [1.807, 2.05) is 0 Å². The van der Waals surface area contributed by atoms with Gasteiger partial charge < -0.3 is 10.1 Å². The molecule has 6 heteroatoms. The summed E-state index contributed by atoms with van der Waals surface area (Å²) in [7, 11) is 0. The largest absolute Gasteiger partial charge is 0.458 e. The molecule has 0 aromatic rings. The van der Waals surface area contributed by atoms with Crippen molar-refractivity contribution in [1.29, 1.82) is 0 Å². The molecule has 0 aliphatic carbocycles. The van der Waals surface area contributed by atoms with Gasteiger partial charge in [-0.15, -0.1) is 0 Å². The molecule has 76 valence electrons. The zero-order valence-corrected chi connectivity index (χ0v) is 9.12. The highest BCUT2D eigenvalue weighted by Crippen LogP contribution is 2.28. The molecule has 0 saturated carbocycles. The van der Waals surface area contributed by atoms with Gasteiger partial charge in [0.05, 0.1) is 0 Å². The molecule has 1 heterocycles. The number of alkyl halides is 3. The summed E-state index contributed by atoms with van der Waals surface area (Å²) >= 11 is 16.0. The Balaban J connectivity index is 2.35. The number of halogens is 3. The van der Waals surface area contributed by atoms with E-state index in [9.17, 15) is 4.79 Å². The maximum atomic E-state index is 11.1. The molecule has 13 heavy (non-hydrogen) atoms. The molecule has 0 aromatic heterocycles. The average molecular weight is 247 g/mol. The van der Waals surface area contributed by atoms with Crippen LogP contribution in [0.3, 0.4) is 0 Å². The van der Waals surface area contributed by atoms with Gasteiger partial charge in [-0.1, -0.05) is 34.8 Å². The normalized spacial score (nSPS) is 24.1. The molecule has 0 unspecified atom stereocenters. The van der Waals surface area contributed by atoms with E-state index in [0.717, 1.165) is 19.4 Å². The molecule has 1 saturated heterocycles. The summed E-state index contributed by atoms with van der Waals surface area (Å²) < 4.78 is 3.00. The van der Waals surface area contributed by atoms with Gasteiger partial charge in [-0.2, -0.15) is 0 Å².